The second-order valence-corrected chi connectivity index (χ2v) is 9.52. The number of nitrogens with one attached hydrogen (secondary N) is 1. The van der Waals surface area contributed by atoms with Gasteiger partial charge in [-0.05, 0) is 55.8 Å². The summed E-state index contributed by atoms with van der Waals surface area (Å²) in [4.78, 5) is 25.3. The van der Waals surface area contributed by atoms with E-state index in [1.807, 2.05) is 0 Å². The second-order valence-electron chi connectivity index (χ2n) is 7.66. The van der Waals surface area contributed by atoms with Crippen LogP contribution in [-0.2, 0) is 19.6 Å². The molecule has 3 aromatic carbocycles. The van der Waals surface area contributed by atoms with E-state index in [1.165, 1.54) is 44.6 Å². The van der Waals surface area contributed by atoms with Crippen molar-refractivity contribution in [1.82, 2.24) is 0 Å². The number of amides is 1. The normalized spacial score (nSPS) is 10.9. The number of benzene rings is 3. The van der Waals surface area contributed by atoms with Crippen LogP contribution in [0.2, 0.25) is 0 Å². The van der Waals surface area contributed by atoms with Crippen LogP contribution in [0.1, 0.15) is 22.8 Å². The van der Waals surface area contributed by atoms with Gasteiger partial charge in [0, 0.05) is 11.8 Å². The maximum Gasteiger partial charge on any atom is 0.338 e. The fourth-order valence-electron chi connectivity index (χ4n) is 3.43. The predicted molar refractivity (Wildman–Crippen MR) is 136 cm³/mol. The first-order valence-corrected chi connectivity index (χ1v) is 12.5. The Bertz CT molecular complexity index is 1340. The predicted octanol–water partition coefficient (Wildman–Crippen LogP) is 4.02. The minimum Gasteiger partial charge on any atom is -0.497 e. The number of hydrogen-bond acceptors (Lipinski definition) is 7. The summed E-state index contributed by atoms with van der Waals surface area (Å²) < 4.78 is 43.9. The van der Waals surface area contributed by atoms with Crippen LogP contribution in [0.3, 0.4) is 0 Å². The number of ether oxygens (including phenoxy) is 3. The molecule has 0 spiro atoms. The Kier molecular flexibility index (Phi) is 8.55. The number of aryl methyl sites for hydroxylation is 1. The Hall–Kier alpha value is -4.05. The average molecular weight is 513 g/mol. The number of hydrogen-bond donors (Lipinski definition) is 1. The zero-order valence-electron chi connectivity index (χ0n) is 20.5. The summed E-state index contributed by atoms with van der Waals surface area (Å²) in [6, 6.07) is 17.2. The summed E-state index contributed by atoms with van der Waals surface area (Å²) in [7, 11) is -1.28. The first kappa shape index (κ1) is 26.6. The molecule has 0 fully saturated rings. The first-order valence-electron chi connectivity index (χ1n) is 11.1. The van der Waals surface area contributed by atoms with Crippen LogP contribution in [0.4, 0.5) is 11.4 Å². The SMILES string of the molecule is CCOC(=O)c1ccc(C)c(NC(=O)CN(c2ccc(OC)cc2OC)S(=O)(=O)c2ccccc2)c1. The van der Waals surface area contributed by atoms with E-state index in [9.17, 15) is 18.0 Å². The molecule has 190 valence electrons. The van der Waals surface area contributed by atoms with Gasteiger partial charge in [-0.15, -0.1) is 0 Å². The molecule has 0 aromatic heterocycles. The highest BCUT2D eigenvalue weighted by molar-refractivity contribution is 7.92. The quantitative estimate of drug-likeness (QED) is 0.409. The van der Waals surface area contributed by atoms with Crippen molar-refractivity contribution in [1.29, 1.82) is 0 Å². The molecule has 0 aliphatic heterocycles. The maximum atomic E-state index is 13.6. The van der Waals surface area contributed by atoms with Crippen molar-refractivity contribution in [3.8, 4) is 11.5 Å². The van der Waals surface area contributed by atoms with Gasteiger partial charge in [-0.2, -0.15) is 0 Å². The molecule has 0 saturated heterocycles. The smallest absolute Gasteiger partial charge is 0.338 e. The summed E-state index contributed by atoms with van der Waals surface area (Å²) >= 11 is 0. The van der Waals surface area contributed by atoms with Gasteiger partial charge in [0.2, 0.25) is 5.91 Å². The van der Waals surface area contributed by atoms with Crippen molar-refractivity contribution in [2.45, 2.75) is 18.7 Å². The van der Waals surface area contributed by atoms with Crippen LogP contribution in [-0.4, -0.2) is 47.7 Å². The van der Waals surface area contributed by atoms with Crippen molar-refractivity contribution in [2.24, 2.45) is 0 Å². The standard InChI is InChI=1S/C26H28N2O7S/c1-5-35-26(30)19-12-11-18(2)22(15-19)27-25(29)17-28(36(31,32)21-9-7-6-8-10-21)23-14-13-20(33-3)16-24(23)34-4/h6-16H,5,17H2,1-4H3,(H,27,29). The van der Waals surface area contributed by atoms with Gasteiger partial charge in [-0.1, -0.05) is 24.3 Å². The third kappa shape index (κ3) is 5.95. The fourth-order valence-corrected chi connectivity index (χ4v) is 4.88. The third-order valence-electron chi connectivity index (χ3n) is 5.30. The van der Waals surface area contributed by atoms with Crippen molar-refractivity contribution in [3.63, 3.8) is 0 Å². The topological polar surface area (TPSA) is 111 Å². The fraction of sp³-hybridized carbons (Fsp3) is 0.231. The monoisotopic (exact) mass is 512 g/mol. The molecule has 0 radical (unpaired) electrons. The van der Waals surface area contributed by atoms with E-state index in [2.05, 4.69) is 5.32 Å². The first-order chi connectivity index (χ1) is 17.2. The zero-order valence-corrected chi connectivity index (χ0v) is 21.3. The average Bonchev–Trinajstić information content (AvgIpc) is 2.88. The molecule has 10 heteroatoms. The highest BCUT2D eigenvalue weighted by atomic mass is 32.2. The molecule has 3 aromatic rings. The van der Waals surface area contributed by atoms with Gasteiger partial charge in [0.25, 0.3) is 10.0 Å². The van der Waals surface area contributed by atoms with Crippen molar-refractivity contribution in [3.05, 3.63) is 77.9 Å². The largest absolute Gasteiger partial charge is 0.497 e. The lowest BCUT2D eigenvalue weighted by atomic mass is 10.1. The summed E-state index contributed by atoms with van der Waals surface area (Å²) in [6.07, 6.45) is 0. The number of nitrogens with zero attached hydrogens (tertiary/aromatic N) is 1. The van der Waals surface area contributed by atoms with Crippen LogP contribution in [0, 0.1) is 6.92 Å². The molecular weight excluding hydrogens is 484 g/mol. The number of methoxy groups -OCH3 is 2. The Morgan fingerprint density at radius 1 is 0.944 bits per heavy atom. The third-order valence-corrected chi connectivity index (χ3v) is 7.07. The highest BCUT2D eigenvalue weighted by Gasteiger charge is 2.30. The second kappa shape index (κ2) is 11.6. The number of rotatable bonds is 10. The van der Waals surface area contributed by atoms with Gasteiger partial charge in [-0.25, -0.2) is 13.2 Å². The Morgan fingerprint density at radius 3 is 2.31 bits per heavy atom. The van der Waals surface area contributed by atoms with E-state index in [1.54, 1.807) is 50.2 Å². The van der Waals surface area contributed by atoms with Crippen molar-refractivity contribution >= 4 is 33.3 Å². The van der Waals surface area contributed by atoms with E-state index in [4.69, 9.17) is 14.2 Å². The summed E-state index contributed by atoms with van der Waals surface area (Å²) in [5.41, 5.74) is 1.48. The molecule has 0 atom stereocenters. The van der Waals surface area contributed by atoms with Crippen LogP contribution in [0.25, 0.3) is 0 Å². The molecule has 9 nitrogen and oxygen atoms in total. The molecule has 0 unspecified atom stereocenters. The van der Waals surface area contributed by atoms with Gasteiger partial charge < -0.3 is 19.5 Å². The van der Waals surface area contributed by atoms with Crippen LogP contribution in [0.15, 0.2) is 71.6 Å². The molecule has 36 heavy (non-hydrogen) atoms. The molecule has 0 aliphatic rings. The van der Waals surface area contributed by atoms with Crippen LogP contribution in [0.5, 0.6) is 11.5 Å². The Morgan fingerprint density at radius 2 is 1.67 bits per heavy atom. The molecule has 0 aliphatic carbocycles. The van der Waals surface area contributed by atoms with E-state index in [0.29, 0.717) is 17.0 Å². The minimum atomic E-state index is -4.16. The summed E-state index contributed by atoms with van der Waals surface area (Å²) in [5, 5.41) is 2.71. The molecule has 0 heterocycles. The van der Waals surface area contributed by atoms with E-state index in [0.717, 1.165) is 4.31 Å². The van der Waals surface area contributed by atoms with Crippen LogP contribution >= 0.6 is 0 Å². The van der Waals surface area contributed by atoms with E-state index in [-0.39, 0.29) is 28.5 Å². The van der Waals surface area contributed by atoms with E-state index >= 15 is 0 Å². The number of sulfonamides is 1. The molecule has 1 amide bonds. The molecular formula is C26H28N2O7S. The van der Waals surface area contributed by atoms with Crippen molar-refractivity contribution in [2.75, 3.05) is 37.0 Å². The number of anilines is 2. The molecule has 0 saturated carbocycles. The lowest BCUT2D eigenvalue weighted by Gasteiger charge is -2.26. The Labute approximate surface area is 210 Å². The molecule has 1 N–H and O–H groups in total. The lowest BCUT2D eigenvalue weighted by molar-refractivity contribution is -0.114. The Balaban J connectivity index is 1.99. The summed E-state index contributed by atoms with van der Waals surface area (Å²) in [6.45, 7) is 3.12. The van der Waals surface area contributed by atoms with Crippen molar-refractivity contribution < 1.29 is 32.2 Å². The number of esters is 1. The number of carbonyl (C=O) groups excluding carboxylic acids is 2. The summed E-state index contributed by atoms with van der Waals surface area (Å²) in [5.74, 6) is -0.466. The van der Waals surface area contributed by atoms with Gasteiger partial charge in [0.15, 0.2) is 0 Å². The van der Waals surface area contributed by atoms with E-state index < -0.39 is 28.4 Å². The van der Waals surface area contributed by atoms with Crippen LogP contribution < -0.4 is 19.1 Å². The number of carbonyl (C=O) groups is 2. The van der Waals surface area contributed by atoms with Gasteiger partial charge in [0.05, 0.1) is 37.0 Å². The minimum absolute atomic E-state index is 0.0103. The van der Waals surface area contributed by atoms with Gasteiger partial charge in [-0.3, -0.25) is 9.10 Å². The lowest BCUT2D eigenvalue weighted by Crippen LogP contribution is -2.38. The molecule has 0 bridgehead atoms. The zero-order chi connectivity index (χ0) is 26.3. The van der Waals surface area contributed by atoms with Gasteiger partial charge in [0.1, 0.15) is 18.0 Å². The van der Waals surface area contributed by atoms with Gasteiger partial charge >= 0.3 is 5.97 Å². The maximum absolute atomic E-state index is 13.6. The molecule has 3 rings (SSSR count). The highest BCUT2D eigenvalue weighted by Crippen LogP contribution is 2.35.